The number of likely N-dealkylation sites (N-methyl/N-ethyl adjacent to an activating group) is 1. The highest BCUT2D eigenvalue weighted by molar-refractivity contribution is 4.77. The third-order valence-electron chi connectivity index (χ3n) is 4.83. The lowest BCUT2D eigenvalue weighted by Gasteiger charge is -2.38. The second-order valence-electron chi connectivity index (χ2n) is 6.26. The average molecular weight is 269 g/mol. The van der Waals surface area contributed by atoms with Crippen molar-refractivity contribution < 1.29 is 4.74 Å². The molecule has 19 heavy (non-hydrogen) atoms. The first-order chi connectivity index (χ1) is 9.16. The van der Waals surface area contributed by atoms with Crippen molar-refractivity contribution >= 4 is 0 Å². The summed E-state index contributed by atoms with van der Waals surface area (Å²) < 4.78 is 5.43. The van der Waals surface area contributed by atoms with Gasteiger partial charge in [0, 0.05) is 51.4 Å². The molecule has 0 bridgehead atoms. The molecule has 2 fully saturated rings. The van der Waals surface area contributed by atoms with E-state index in [0.29, 0.717) is 6.04 Å². The molecule has 2 saturated heterocycles. The van der Waals surface area contributed by atoms with Gasteiger partial charge in [0.15, 0.2) is 0 Å². The van der Waals surface area contributed by atoms with Crippen LogP contribution in [0.25, 0.3) is 0 Å². The summed E-state index contributed by atoms with van der Waals surface area (Å²) in [6, 6.07) is 1.44. The van der Waals surface area contributed by atoms with Crippen LogP contribution in [0.2, 0.25) is 0 Å². The quantitative estimate of drug-likeness (QED) is 0.744. The van der Waals surface area contributed by atoms with Crippen molar-refractivity contribution in [3.05, 3.63) is 0 Å². The summed E-state index contributed by atoms with van der Waals surface area (Å²) in [4.78, 5) is 7.67. The molecule has 0 N–H and O–H groups in total. The zero-order chi connectivity index (χ0) is 13.7. The van der Waals surface area contributed by atoms with Gasteiger partial charge in [-0.3, -0.25) is 9.80 Å². The Balaban J connectivity index is 1.66. The van der Waals surface area contributed by atoms with Crippen LogP contribution in [0.3, 0.4) is 0 Å². The summed E-state index contributed by atoms with van der Waals surface area (Å²) in [6.45, 7) is 13.8. The predicted octanol–water partition coefficient (Wildman–Crippen LogP) is 1.12. The fourth-order valence-corrected chi connectivity index (χ4v) is 3.13. The van der Waals surface area contributed by atoms with Crippen molar-refractivity contribution in [1.29, 1.82) is 0 Å². The molecule has 112 valence electrons. The smallest absolute Gasteiger partial charge is 0.0594 e. The van der Waals surface area contributed by atoms with Gasteiger partial charge in [-0.1, -0.05) is 0 Å². The maximum absolute atomic E-state index is 5.43. The van der Waals surface area contributed by atoms with Gasteiger partial charge in [0.05, 0.1) is 13.2 Å². The molecule has 0 aliphatic carbocycles. The molecule has 2 atom stereocenters. The Bertz CT molecular complexity index is 248. The second kappa shape index (κ2) is 7.58. The van der Waals surface area contributed by atoms with Crippen LogP contribution in [0.5, 0.6) is 0 Å². The Labute approximate surface area is 118 Å². The van der Waals surface area contributed by atoms with Crippen LogP contribution in [0.1, 0.15) is 26.7 Å². The largest absolute Gasteiger partial charge is 0.379 e. The van der Waals surface area contributed by atoms with E-state index in [9.17, 15) is 0 Å². The molecule has 4 heteroatoms. The topological polar surface area (TPSA) is 19.0 Å². The number of piperazine rings is 1. The van der Waals surface area contributed by atoms with E-state index in [1.54, 1.807) is 0 Å². The van der Waals surface area contributed by atoms with Crippen LogP contribution in [0, 0.1) is 0 Å². The Kier molecular flexibility index (Phi) is 6.07. The maximum Gasteiger partial charge on any atom is 0.0594 e. The minimum absolute atomic E-state index is 0.707. The third kappa shape index (κ3) is 4.71. The molecule has 2 rings (SSSR count). The van der Waals surface area contributed by atoms with Crippen molar-refractivity contribution in [3.8, 4) is 0 Å². The van der Waals surface area contributed by atoms with E-state index in [2.05, 4.69) is 35.6 Å². The van der Waals surface area contributed by atoms with Gasteiger partial charge in [-0.05, 0) is 33.7 Å². The molecule has 0 radical (unpaired) electrons. The summed E-state index contributed by atoms with van der Waals surface area (Å²) in [5.41, 5.74) is 0. The molecule has 0 aromatic heterocycles. The average Bonchev–Trinajstić information content (AvgIpc) is 2.46. The summed E-state index contributed by atoms with van der Waals surface area (Å²) in [5, 5.41) is 0. The third-order valence-corrected chi connectivity index (χ3v) is 4.83. The van der Waals surface area contributed by atoms with Gasteiger partial charge in [0.25, 0.3) is 0 Å². The lowest BCUT2D eigenvalue weighted by molar-refractivity contribution is 0.0161. The minimum Gasteiger partial charge on any atom is -0.379 e. The van der Waals surface area contributed by atoms with E-state index in [1.807, 2.05) is 0 Å². The van der Waals surface area contributed by atoms with Gasteiger partial charge in [-0.15, -0.1) is 0 Å². The highest BCUT2D eigenvalue weighted by Gasteiger charge is 2.21. The molecule has 0 spiro atoms. The Hall–Kier alpha value is -0.160. The van der Waals surface area contributed by atoms with Crippen LogP contribution in [-0.4, -0.2) is 86.3 Å². The number of hydrogen-bond acceptors (Lipinski definition) is 4. The highest BCUT2D eigenvalue weighted by atomic mass is 16.5. The number of hydrogen-bond donors (Lipinski definition) is 0. The molecule has 4 nitrogen and oxygen atoms in total. The second-order valence-corrected chi connectivity index (χ2v) is 6.26. The fraction of sp³-hybridized carbons (Fsp3) is 1.00. The SMILES string of the molecule is CC(CCC(C)N1CCN(C)CC1)N1CCOCC1. The van der Waals surface area contributed by atoms with Crippen LogP contribution >= 0.6 is 0 Å². The van der Waals surface area contributed by atoms with Crippen LogP contribution < -0.4 is 0 Å². The maximum atomic E-state index is 5.43. The van der Waals surface area contributed by atoms with Crippen LogP contribution in [0.4, 0.5) is 0 Å². The zero-order valence-electron chi connectivity index (χ0n) is 13.0. The Morgan fingerprint density at radius 2 is 1.26 bits per heavy atom. The number of morpholine rings is 1. The number of nitrogens with zero attached hydrogens (tertiary/aromatic N) is 3. The normalized spacial score (nSPS) is 27.3. The molecule has 2 heterocycles. The van der Waals surface area contributed by atoms with E-state index in [1.165, 1.54) is 39.0 Å². The summed E-state index contributed by atoms with van der Waals surface area (Å²) in [6.07, 6.45) is 2.63. The van der Waals surface area contributed by atoms with Gasteiger partial charge in [-0.2, -0.15) is 0 Å². The van der Waals surface area contributed by atoms with Crippen molar-refractivity contribution in [2.75, 3.05) is 59.5 Å². The molecule has 0 aromatic rings. The van der Waals surface area contributed by atoms with E-state index in [4.69, 9.17) is 4.74 Å². The lowest BCUT2D eigenvalue weighted by atomic mass is 10.0. The molecule has 0 saturated carbocycles. The van der Waals surface area contributed by atoms with Crippen molar-refractivity contribution in [2.45, 2.75) is 38.8 Å². The standard InChI is InChI=1S/C15H31N3O/c1-14(17-8-6-16(3)7-9-17)4-5-15(2)18-10-12-19-13-11-18/h14-15H,4-13H2,1-3H3. The van der Waals surface area contributed by atoms with E-state index >= 15 is 0 Å². The van der Waals surface area contributed by atoms with Crippen LogP contribution in [-0.2, 0) is 4.74 Å². The van der Waals surface area contributed by atoms with Crippen molar-refractivity contribution in [3.63, 3.8) is 0 Å². The Morgan fingerprint density at radius 1 is 0.789 bits per heavy atom. The predicted molar refractivity (Wildman–Crippen MR) is 79.6 cm³/mol. The van der Waals surface area contributed by atoms with E-state index in [0.717, 1.165) is 32.3 Å². The lowest BCUT2D eigenvalue weighted by Crippen LogP contribution is -2.48. The van der Waals surface area contributed by atoms with Crippen molar-refractivity contribution in [2.24, 2.45) is 0 Å². The molecule has 0 aromatic carbocycles. The molecular formula is C15H31N3O. The van der Waals surface area contributed by atoms with Gasteiger partial charge in [0.2, 0.25) is 0 Å². The monoisotopic (exact) mass is 269 g/mol. The number of rotatable bonds is 5. The fourth-order valence-electron chi connectivity index (χ4n) is 3.13. The van der Waals surface area contributed by atoms with E-state index < -0.39 is 0 Å². The van der Waals surface area contributed by atoms with Gasteiger partial charge in [-0.25, -0.2) is 0 Å². The molecular weight excluding hydrogens is 238 g/mol. The molecule has 2 aliphatic heterocycles. The van der Waals surface area contributed by atoms with Gasteiger partial charge >= 0.3 is 0 Å². The number of ether oxygens (including phenoxy) is 1. The molecule has 0 amide bonds. The van der Waals surface area contributed by atoms with Gasteiger partial charge < -0.3 is 9.64 Å². The summed E-state index contributed by atoms with van der Waals surface area (Å²) in [7, 11) is 2.22. The minimum atomic E-state index is 0.707. The first kappa shape index (κ1) is 15.2. The molecule has 2 aliphatic rings. The zero-order valence-corrected chi connectivity index (χ0v) is 13.0. The van der Waals surface area contributed by atoms with Crippen molar-refractivity contribution in [1.82, 2.24) is 14.7 Å². The molecule has 2 unspecified atom stereocenters. The van der Waals surface area contributed by atoms with E-state index in [-0.39, 0.29) is 0 Å². The van der Waals surface area contributed by atoms with Gasteiger partial charge in [0.1, 0.15) is 0 Å². The Morgan fingerprint density at radius 3 is 1.79 bits per heavy atom. The highest BCUT2D eigenvalue weighted by Crippen LogP contribution is 2.15. The summed E-state index contributed by atoms with van der Waals surface area (Å²) >= 11 is 0. The summed E-state index contributed by atoms with van der Waals surface area (Å²) in [5.74, 6) is 0. The first-order valence-electron chi connectivity index (χ1n) is 7.91. The first-order valence-corrected chi connectivity index (χ1v) is 7.91. The van der Waals surface area contributed by atoms with Crippen LogP contribution in [0.15, 0.2) is 0 Å².